The molecule has 5 heteroatoms. The van der Waals surface area contributed by atoms with Crippen LogP contribution in [0.5, 0.6) is 11.5 Å². The van der Waals surface area contributed by atoms with Crippen LogP contribution in [0, 0.1) is 0 Å². The van der Waals surface area contributed by atoms with Crippen molar-refractivity contribution in [3.63, 3.8) is 0 Å². The second kappa shape index (κ2) is 8.33. The van der Waals surface area contributed by atoms with Crippen molar-refractivity contribution in [1.29, 1.82) is 0 Å². The monoisotopic (exact) mass is 401 g/mol. The second-order valence-electron chi connectivity index (χ2n) is 7.09. The molecule has 1 aliphatic rings. The Kier molecular flexibility index (Phi) is 5.44. The standard InChI is InChI=1S/C25H23NO4/c1-29-20-12-8-17(9-13-20)16-26-23(19-6-4-3-5-7-19)22(24(27)25(26)28)18-10-14-21(30-2)15-11-18/h3-15,23,27H,16H2,1-2H3. The van der Waals surface area contributed by atoms with Gasteiger partial charge in [-0.2, -0.15) is 0 Å². The van der Waals surface area contributed by atoms with E-state index in [0.717, 1.165) is 28.2 Å². The van der Waals surface area contributed by atoms with E-state index in [2.05, 4.69) is 0 Å². The molecule has 0 spiro atoms. The molecule has 0 fully saturated rings. The molecule has 0 bridgehead atoms. The van der Waals surface area contributed by atoms with E-state index in [1.165, 1.54) is 0 Å². The Morgan fingerprint density at radius 1 is 0.833 bits per heavy atom. The fraction of sp³-hybridized carbons (Fsp3) is 0.160. The molecule has 0 aliphatic carbocycles. The summed E-state index contributed by atoms with van der Waals surface area (Å²) in [6.45, 7) is 0.367. The molecule has 1 unspecified atom stereocenters. The van der Waals surface area contributed by atoms with Gasteiger partial charge in [-0.3, -0.25) is 4.79 Å². The molecule has 1 atom stereocenters. The Hall–Kier alpha value is -3.73. The molecule has 1 aliphatic heterocycles. The van der Waals surface area contributed by atoms with E-state index in [1.807, 2.05) is 78.9 Å². The molecule has 1 N–H and O–H groups in total. The number of aliphatic hydroxyl groups is 1. The number of rotatable bonds is 6. The number of carbonyl (C=O) groups is 1. The van der Waals surface area contributed by atoms with Gasteiger partial charge in [-0.25, -0.2) is 0 Å². The zero-order valence-corrected chi connectivity index (χ0v) is 16.9. The Labute approximate surface area is 175 Å². The SMILES string of the molecule is COc1ccc(CN2C(=O)C(O)=C(c3ccc(OC)cc3)C2c2ccccc2)cc1. The zero-order chi connectivity index (χ0) is 21.1. The highest BCUT2D eigenvalue weighted by Gasteiger charge is 2.40. The van der Waals surface area contributed by atoms with Crippen LogP contribution in [0.25, 0.3) is 5.57 Å². The molecule has 3 aromatic carbocycles. The third-order valence-corrected chi connectivity index (χ3v) is 5.33. The Morgan fingerprint density at radius 3 is 1.97 bits per heavy atom. The molecule has 0 saturated carbocycles. The number of hydrogen-bond donors (Lipinski definition) is 1. The molecule has 3 aromatic rings. The maximum Gasteiger partial charge on any atom is 0.290 e. The highest BCUT2D eigenvalue weighted by atomic mass is 16.5. The van der Waals surface area contributed by atoms with Crippen LogP contribution in [0.15, 0.2) is 84.6 Å². The predicted molar refractivity (Wildman–Crippen MR) is 115 cm³/mol. The maximum atomic E-state index is 13.1. The van der Waals surface area contributed by atoms with Crippen molar-refractivity contribution < 1.29 is 19.4 Å². The van der Waals surface area contributed by atoms with Crippen LogP contribution in [0.3, 0.4) is 0 Å². The lowest BCUT2D eigenvalue weighted by Gasteiger charge is -2.27. The lowest BCUT2D eigenvalue weighted by molar-refractivity contribution is -0.130. The third-order valence-electron chi connectivity index (χ3n) is 5.33. The van der Waals surface area contributed by atoms with E-state index in [1.54, 1.807) is 19.1 Å². The number of amides is 1. The second-order valence-corrected chi connectivity index (χ2v) is 7.09. The van der Waals surface area contributed by atoms with Gasteiger partial charge in [-0.15, -0.1) is 0 Å². The summed E-state index contributed by atoms with van der Waals surface area (Å²) in [5, 5.41) is 10.8. The molecule has 0 saturated heterocycles. The first-order valence-electron chi connectivity index (χ1n) is 9.68. The molecule has 0 radical (unpaired) electrons. The van der Waals surface area contributed by atoms with E-state index in [-0.39, 0.29) is 11.7 Å². The quantitative estimate of drug-likeness (QED) is 0.647. The molecule has 5 nitrogen and oxygen atoms in total. The van der Waals surface area contributed by atoms with Crippen molar-refractivity contribution >= 4 is 11.5 Å². The van der Waals surface area contributed by atoms with Gasteiger partial charge >= 0.3 is 0 Å². The minimum Gasteiger partial charge on any atom is -0.503 e. The van der Waals surface area contributed by atoms with Crippen LogP contribution in [0.4, 0.5) is 0 Å². The maximum absolute atomic E-state index is 13.1. The summed E-state index contributed by atoms with van der Waals surface area (Å²) < 4.78 is 10.5. The summed E-state index contributed by atoms with van der Waals surface area (Å²) in [5.41, 5.74) is 3.28. The minimum absolute atomic E-state index is 0.220. The van der Waals surface area contributed by atoms with E-state index < -0.39 is 6.04 Å². The highest BCUT2D eigenvalue weighted by molar-refractivity contribution is 6.05. The number of benzene rings is 3. The van der Waals surface area contributed by atoms with E-state index in [4.69, 9.17) is 9.47 Å². The predicted octanol–water partition coefficient (Wildman–Crippen LogP) is 4.76. The summed E-state index contributed by atoms with van der Waals surface area (Å²) in [7, 11) is 3.22. The summed E-state index contributed by atoms with van der Waals surface area (Å²) in [4.78, 5) is 14.8. The van der Waals surface area contributed by atoms with Crippen molar-refractivity contribution in [2.24, 2.45) is 0 Å². The van der Waals surface area contributed by atoms with E-state index in [9.17, 15) is 9.90 Å². The molecular formula is C25H23NO4. The molecule has 4 rings (SSSR count). The van der Waals surface area contributed by atoms with Crippen molar-refractivity contribution in [3.8, 4) is 11.5 Å². The summed E-state index contributed by atoms with van der Waals surface area (Å²) in [6, 6.07) is 24.3. The van der Waals surface area contributed by atoms with Crippen molar-refractivity contribution in [2.75, 3.05) is 14.2 Å². The molecule has 0 aromatic heterocycles. The minimum atomic E-state index is -0.394. The number of ether oxygens (including phenoxy) is 2. The van der Waals surface area contributed by atoms with Gasteiger partial charge in [0.25, 0.3) is 5.91 Å². The zero-order valence-electron chi connectivity index (χ0n) is 16.9. The van der Waals surface area contributed by atoms with Crippen LogP contribution in [0.1, 0.15) is 22.7 Å². The molecule has 1 amide bonds. The van der Waals surface area contributed by atoms with Gasteiger partial charge in [0.05, 0.1) is 20.3 Å². The number of carbonyl (C=O) groups excluding carboxylic acids is 1. The smallest absolute Gasteiger partial charge is 0.290 e. The third kappa shape index (κ3) is 3.62. The molecular weight excluding hydrogens is 378 g/mol. The molecule has 30 heavy (non-hydrogen) atoms. The Balaban J connectivity index is 1.75. The van der Waals surface area contributed by atoms with Crippen molar-refractivity contribution in [1.82, 2.24) is 4.90 Å². The first kappa shape index (κ1) is 19.6. The number of aliphatic hydroxyl groups excluding tert-OH is 1. The molecule has 152 valence electrons. The Bertz CT molecular complexity index is 1060. The highest BCUT2D eigenvalue weighted by Crippen LogP contribution is 2.44. The Morgan fingerprint density at radius 2 is 1.40 bits per heavy atom. The van der Waals surface area contributed by atoms with E-state index in [0.29, 0.717) is 12.1 Å². The first-order valence-corrected chi connectivity index (χ1v) is 9.68. The van der Waals surface area contributed by atoms with Crippen LogP contribution in [-0.2, 0) is 11.3 Å². The van der Waals surface area contributed by atoms with Gasteiger partial charge in [-0.05, 0) is 41.0 Å². The normalized spacial score (nSPS) is 16.1. The fourth-order valence-electron chi connectivity index (χ4n) is 3.79. The average Bonchev–Trinajstić information content (AvgIpc) is 3.05. The number of hydrogen-bond acceptors (Lipinski definition) is 4. The number of methoxy groups -OCH3 is 2. The van der Waals surface area contributed by atoms with Gasteiger partial charge in [0, 0.05) is 12.1 Å². The van der Waals surface area contributed by atoms with Gasteiger partial charge in [0.1, 0.15) is 11.5 Å². The van der Waals surface area contributed by atoms with Crippen LogP contribution >= 0.6 is 0 Å². The summed E-state index contributed by atoms with van der Waals surface area (Å²) >= 11 is 0. The molecule has 1 heterocycles. The van der Waals surface area contributed by atoms with E-state index >= 15 is 0 Å². The lowest BCUT2D eigenvalue weighted by atomic mass is 9.93. The fourth-order valence-corrected chi connectivity index (χ4v) is 3.79. The number of nitrogens with zero attached hydrogens (tertiary/aromatic N) is 1. The summed E-state index contributed by atoms with van der Waals surface area (Å²) in [6.07, 6.45) is 0. The van der Waals surface area contributed by atoms with Crippen LogP contribution in [0.2, 0.25) is 0 Å². The first-order chi connectivity index (χ1) is 14.6. The van der Waals surface area contributed by atoms with Crippen molar-refractivity contribution in [2.45, 2.75) is 12.6 Å². The van der Waals surface area contributed by atoms with Gasteiger partial charge in [0.15, 0.2) is 5.76 Å². The summed E-state index contributed by atoms with van der Waals surface area (Å²) in [5.74, 6) is 0.869. The largest absolute Gasteiger partial charge is 0.503 e. The van der Waals surface area contributed by atoms with Crippen molar-refractivity contribution in [3.05, 3.63) is 101 Å². The van der Waals surface area contributed by atoms with Crippen LogP contribution < -0.4 is 9.47 Å². The van der Waals surface area contributed by atoms with Gasteiger partial charge < -0.3 is 19.5 Å². The van der Waals surface area contributed by atoms with Gasteiger partial charge in [-0.1, -0.05) is 54.6 Å². The van der Waals surface area contributed by atoms with Gasteiger partial charge in [0.2, 0.25) is 0 Å². The lowest BCUT2D eigenvalue weighted by Crippen LogP contribution is -2.29. The average molecular weight is 401 g/mol. The topological polar surface area (TPSA) is 59.0 Å². The van der Waals surface area contributed by atoms with Crippen LogP contribution in [-0.4, -0.2) is 30.1 Å².